The molecule has 7 heteroatoms. The average molecular weight is 253 g/mol. The smallest absolute Gasteiger partial charge is 0.285 e. The second-order valence-electron chi connectivity index (χ2n) is 4.22. The summed E-state index contributed by atoms with van der Waals surface area (Å²) in [6.45, 7) is 0.835. The van der Waals surface area contributed by atoms with E-state index in [2.05, 4.69) is 0 Å². The van der Waals surface area contributed by atoms with E-state index in [0.29, 0.717) is 19.5 Å². The SMILES string of the molecule is NC1CCN(C(=O)c2ccc(F)cc2[N+](=O)[O-])C1. The minimum absolute atomic E-state index is 0.101. The molecule has 1 aliphatic rings. The molecule has 1 amide bonds. The number of nitro groups is 1. The van der Waals surface area contributed by atoms with Crippen LogP contribution in [-0.4, -0.2) is 34.9 Å². The summed E-state index contributed by atoms with van der Waals surface area (Å²) < 4.78 is 13.0. The highest BCUT2D eigenvalue weighted by Crippen LogP contribution is 2.23. The normalized spacial score (nSPS) is 19.0. The van der Waals surface area contributed by atoms with Gasteiger partial charge in [0, 0.05) is 19.1 Å². The molecule has 1 aromatic carbocycles. The summed E-state index contributed by atoms with van der Waals surface area (Å²) in [5.41, 5.74) is 5.06. The Hall–Kier alpha value is -2.02. The highest BCUT2D eigenvalue weighted by Gasteiger charge is 2.29. The number of carbonyl (C=O) groups excluding carboxylic acids is 1. The lowest BCUT2D eigenvalue weighted by Crippen LogP contribution is -2.32. The summed E-state index contributed by atoms with van der Waals surface area (Å²) in [6, 6.07) is 2.83. The molecule has 2 rings (SSSR count). The first-order valence-electron chi connectivity index (χ1n) is 5.48. The van der Waals surface area contributed by atoms with Crippen LogP contribution < -0.4 is 5.73 Å². The van der Waals surface area contributed by atoms with Crippen molar-refractivity contribution in [2.24, 2.45) is 5.73 Å². The van der Waals surface area contributed by atoms with Gasteiger partial charge in [-0.05, 0) is 18.6 Å². The van der Waals surface area contributed by atoms with Gasteiger partial charge in [-0.15, -0.1) is 0 Å². The number of amides is 1. The van der Waals surface area contributed by atoms with Crippen molar-refractivity contribution >= 4 is 11.6 Å². The van der Waals surface area contributed by atoms with Crippen molar-refractivity contribution in [2.75, 3.05) is 13.1 Å². The van der Waals surface area contributed by atoms with Gasteiger partial charge in [0.05, 0.1) is 11.0 Å². The Morgan fingerprint density at radius 3 is 2.83 bits per heavy atom. The predicted molar refractivity (Wildman–Crippen MR) is 61.6 cm³/mol. The van der Waals surface area contributed by atoms with E-state index in [1.54, 1.807) is 0 Å². The van der Waals surface area contributed by atoms with Crippen LogP contribution in [0.5, 0.6) is 0 Å². The third-order valence-corrected chi connectivity index (χ3v) is 2.90. The Bertz CT molecular complexity index is 506. The lowest BCUT2D eigenvalue weighted by molar-refractivity contribution is -0.385. The van der Waals surface area contributed by atoms with Gasteiger partial charge in [-0.2, -0.15) is 0 Å². The zero-order valence-electron chi connectivity index (χ0n) is 9.51. The van der Waals surface area contributed by atoms with Gasteiger partial charge in [0.2, 0.25) is 0 Å². The minimum Gasteiger partial charge on any atom is -0.337 e. The lowest BCUT2D eigenvalue weighted by Gasteiger charge is -2.15. The van der Waals surface area contributed by atoms with Crippen molar-refractivity contribution in [2.45, 2.75) is 12.5 Å². The van der Waals surface area contributed by atoms with Crippen molar-refractivity contribution < 1.29 is 14.1 Å². The highest BCUT2D eigenvalue weighted by atomic mass is 19.1. The van der Waals surface area contributed by atoms with Crippen molar-refractivity contribution in [3.63, 3.8) is 0 Å². The van der Waals surface area contributed by atoms with E-state index in [4.69, 9.17) is 5.73 Å². The number of hydrogen-bond donors (Lipinski definition) is 1. The molecular weight excluding hydrogens is 241 g/mol. The Morgan fingerprint density at radius 1 is 1.56 bits per heavy atom. The fourth-order valence-electron chi connectivity index (χ4n) is 1.98. The van der Waals surface area contributed by atoms with E-state index in [1.807, 2.05) is 0 Å². The lowest BCUT2D eigenvalue weighted by atomic mass is 10.1. The molecule has 1 heterocycles. The fraction of sp³-hybridized carbons (Fsp3) is 0.364. The van der Waals surface area contributed by atoms with Gasteiger partial charge in [-0.1, -0.05) is 0 Å². The van der Waals surface area contributed by atoms with Gasteiger partial charge in [-0.3, -0.25) is 14.9 Å². The van der Waals surface area contributed by atoms with Crippen molar-refractivity contribution in [3.8, 4) is 0 Å². The van der Waals surface area contributed by atoms with Gasteiger partial charge in [0.15, 0.2) is 0 Å². The molecule has 1 aliphatic heterocycles. The topological polar surface area (TPSA) is 89.5 Å². The standard InChI is InChI=1S/C11H12FN3O3/c12-7-1-2-9(10(5-7)15(17)18)11(16)14-4-3-8(13)6-14/h1-2,5,8H,3-4,6,13H2. The quantitative estimate of drug-likeness (QED) is 0.626. The van der Waals surface area contributed by atoms with E-state index in [0.717, 1.165) is 18.2 Å². The molecule has 0 radical (unpaired) electrons. The second-order valence-corrected chi connectivity index (χ2v) is 4.22. The molecule has 1 fully saturated rings. The molecule has 0 aliphatic carbocycles. The Kier molecular flexibility index (Phi) is 3.24. The molecule has 0 aromatic heterocycles. The van der Waals surface area contributed by atoms with Crippen LogP contribution in [0.25, 0.3) is 0 Å². The molecule has 1 saturated heterocycles. The number of rotatable bonds is 2. The Morgan fingerprint density at radius 2 is 2.28 bits per heavy atom. The first kappa shape index (κ1) is 12.4. The van der Waals surface area contributed by atoms with Crippen LogP contribution in [0.4, 0.5) is 10.1 Å². The van der Waals surface area contributed by atoms with Crippen molar-refractivity contribution in [3.05, 3.63) is 39.7 Å². The summed E-state index contributed by atoms with van der Waals surface area (Å²) in [6.07, 6.45) is 0.667. The zero-order valence-corrected chi connectivity index (χ0v) is 9.51. The fourth-order valence-corrected chi connectivity index (χ4v) is 1.98. The zero-order chi connectivity index (χ0) is 13.3. The summed E-state index contributed by atoms with van der Waals surface area (Å²) in [4.78, 5) is 23.6. The Balaban J connectivity index is 2.33. The van der Waals surface area contributed by atoms with Crippen molar-refractivity contribution in [1.29, 1.82) is 0 Å². The summed E-state index contributed by atoms with van der Waals surface area (Å²) in [7, 11) is 0. The van der Waals surface area contributed by atoms with E-state index in [9.17, 15) is 19.3 Å². The van der Waals surface area contributed by atoms with Gasteiger partial charge >= 0.3 is 0 Å². The first-order chi connectivity index (χ1) is 8.49. The largest absolute Gasteiger partial charge is 0.337 e. The van der Waals surface area contributed by atoms with Gasteiger partial charge in [0.25, 0.3) is 11.6 Å². The first-order valence-corrected chi connectivity index (χ1v) is 5.48. The van der Waals surface area contributed by atoms with Crippen LogP contribution in [0.2, 0.25) is 0 Å². The molecule has 1 aromatic rings. The molecule has 18 heavy (non-hydrogen) atoms. The number of nitro benzene ring substituents is 1. The second kappa shape index (κ2) is 4.69. The van der Waals surface area contributed by atoms with Crippen molar-refractivity contribution in [1.82, 2.24) is 4.90 Å². The number of benzene rings is 1. The summed E-state index contributed by atoms with van der Waals surface area (Å²) in [5, 5.41) is 10.8. The molecule has 96 valence electrons. The monoisotopic (exact) mass is 253 g/mol. The molecular formula is C11H12FN3O3. The average Bonchev–Trinajstić information content (AvgIpc) is 2.75. The molecule has 0 bridgehead atoms. The molecule has 0 saturated carbocycles. The molecule has 0 spiro atoms. The summed E-state index contributed by atoms with van der Waals surface area (Å²) in [5.74, 6) is -1.22. The molecule has 6 nitrogen and oxygen atoms in total. The number of carbonyl (C=O) groups is 1. The van der Waals surface area contributed by atoms with E-state index in [-0.39, 0.29) is 11.6 Å². The van der Waals surface area contributed by atoms with Gasteiger partial charge < -0.3 is 10.6 Å². The number of hydrogen-bond acceptors (Lipinski definition) is 4. The van der Waals surface area contributed by atoms with Gasteiger partial charge in [0.1, 0.15) is 11.4 Å². The van der Waals surface area contributed by atoms with Crippen LogP contribution in [0, 0.1) is 15.9 Å². The molecule has 2 N–H and O–H groups in total. The predicted octanol–water partition coefficient (Wildman–Crippen LogP) is 0.907. The summed E-state index contributed by atoms with van der Waals surface area (Å²) >= 11 is 0. The maximum absolute atomic E-state index is 13.0. The van der Waals surface area contributed by atoms with Crippen LogP contribution in [-0.2, 0) is 0 Å². The van der Waals surface area contributed by atoms with Crippen LogP contribution in [0.15, 0.2) is 18.2 Å². The number of nitrogens with zero attached hydrogens (tertiary/aromatic N) is 2. The van der Waals surface area contributed by atoms with E-state index >= 15 is 0 Å². The Labute approximate surface area is 102 Å². The molecule has 1 unspecified atom stereocenters. The third kappa shape index (κ3) is 2.30. The number of nitrogens with two attached hydrogens (primary N) is 1. The van der Waals surface area contributed by atoms with E-state index < -0.39 is 22.3 Å². The highest BCUT2D eigenvalue weighted by molar-refractivity contribution is 5.98. The number of halogens is 1. The van der Waals surface area contributed by atoms with E-state index in [1.165, 1.54) is 4.90 Å². The van der Waals surface area contributed by atoms with Crippen LogP contribution in [0.1, 0.15) is 16.8 Å². The maximum atomic E-state index is 13.0. The molecule has 1 atom stereocenters. The van der Waals surface area contributed by atoms with Gasteiger partial charge in [-0.25, -0.2) is 4.39 Å². The van der Waals surface area contributed by atoms with Crippen LogP contribution >= 0.6 is 0 Å². The maximum Gasteiger partial charge on any atom is 0.285 e. The number of likely N-dealkylation sites (tertiary alicyclic amines) is 1. The minimum atomic E-state index is -0.758. The third-order valence-electron chi connectivity index (χ3n) is 2.90. The van der Waals surface area contributed by atoms with Crippen LogP contribution in [0.3, 0.4) is 0 Å².